The topological polar surface area (TPSA) is 46.0 Å². The molecule has 1 aliphatic rings. The first-order valence-corrected chi connectivity index (χ1v) is 13.0. The number of nitrogens with zero attached hydrogens (tertiary/aromatic N) is 3. The van der Waals surface area contributed by atoms with Crippen LogP contribution in [0.2, 0.25) is 0 Å². The van der Waals surface area contributed by atoms with E-state index in [0.717, 1.165) is 21.7 Å². The van der Waals surface area contributed by atoms with Crippen LogP contribution in [-0.4, -0.2) is 20.6 Å². The molecule has 0 bridgehead atoms. The van der Waals surface area contributed by atoms with Gasteiger partial charge in [-0.05, 0) is 41.7 Å². The van der Waals surface area contributed by atoms with Crippen molar-refractivity contribution < 1.29 is 0 Å². The molecule has 1 N–H and O–H groups in total. The molecule has 0 unspecified atom stereocenters. The number of benzene rings is 3. The van der Waals surface area contributed by atoms with Gasteiger partial charge in [0, 0.05) is 6.20 Å². The van der Waals surface area contributed by atoms with Crippen molar-refractivity contribution in [1.82, 2.24) is 14.5 Å². The molecule has 1 fully saturated rings. The molecule has 2 heterocycles. The van der Waals surface area contributed by atoms with Gasteiger partial charge in [-0.15, -0.1) is 0 Å². The van der Waals surface area contributed by atoms with Crippen LogP contribution in [0, 0.1) is 0 Å². The molecular weight excluding hydrogens is 436 g/mol. The lowest BCUT2D eigenvalue weighted by molar-refractivity contribution is 0.434. The fraction of sp³-hybridized carbons (Fsp3) is 0.241. The Morgan fingerprint density at radius 3 is 2.32 bits per heavy atom. The van der Waals surface area contributed by atoms with E-state index in [9.17, 15) is 0 Å². The van der Waals surface area contributed by atoms with Crippen LogP contribution in [0.25, 0.3) is 32.6 Å². The Hall–Kier alpha value is -3.44. The Labute approximate surface area is 203 Å². The van der Waals surface area contributed by atoms with Crippen LogP contribution in [0.1, 0.15) is 37.9 Å². The second kappa shape index (κ2) is 9.43. The molecule has 0 atom stereocenters. The molecule has 1 saturated carbocycles. The lowest BCUT2D eigenvalue weighted by Crippen LogP contribution is -2.20. The molecular formula is C29H28N4S. The Bertz CT molecular complexity index is 1420. The molecule has 34 heavy (non-hydrogen) atoms. The number of nitrogens with one attached hydrogen (secondary N) is 1. The fourth-order valence-corrected chi connectivity index (χ4v) is 5.86. The highest BCUT2D eigenvalue weighted by molar-refractivity contribution is 7.12. The summed E-state index contributed by atoms with van der Waals surface area (Å²) in [7, 11) is 0. The van der Waals surface area contributed by atoms with E-state index in [4.69, 9.17) is 9.98 Å². The fourth-order valence-electron chi connectivity index (χ4n) is 4.79. The minimum Gasteiger partial charge on any atom is -0.340 e. The SMILES string of the molecule is c1ccc(-c2ccc(-c3cn(Cc4nc5ccccc5[nH]4)c(=NC4CCCCC4)s3)cc2)cc1. The number of H-pyrrole nitrogens is 1. The highest BCUT2D eigenvalue weighted by atomic mass is 32.1. The number of aromatic nitrogens is 3. The predicted octanol–water partition coefficient (Wildman–Crippen LogP) is 7.04. The van der Waals surface area contributed by atoms with Gasteiger partial charge in [0.25, 0.3) is 0 Å². The maximum atomic E-state index is 5.22. The van der Waals surface area contributed by atoms with Gasteiger partial charge < -0.3 is 9.55 Å². The minimum atomic E-state index is 0.433. The van der Waals surface area contributed by atoms with Gasteiger partial charge in [0.15, 0.2) is 4.80 Å². The van der Waals surface area contributed by atoms with Gasteiger partial charge in [0.2, 0.25) is 0 Å². The van der Waals surface area contributed by atoms with Crippen molar-refractivity contribution in [1.29, 1.82) is 0 Å². The van der Waals surface area contributed by atoms with Gasteiger partial charge in [-0.2, -0.15) is 0 Å². The number of hydrogen-bond donors (Lipinski definition) is 1. The van der Waals surface area contributed by atoms with E-state index >= 15 is 0 Å². The maximum Gasteiger partial charge on any atom is 0.185 e. The van der Waals surface area contributed by atoms with Crippen LogP contribution in [0.15, 0.2) is 90.1 Å². The number of aromatic amines is 1. The molecule has 5 heteroatoms. The summed E-state index contributed by atoms with van der Waals surface area (Å²) in [5, 5.41) is 0. The average molecular weight is 465 g/mol. The van der Waals surface area contributed by atoms with E-state index in [1.807, 2.05) is 12.1 Å². The Morgan fingerprint density at radius 2 is 1.53 bits per heavy atom. The van der Waals surface area contributed by atoms with Crippen molar-refractivity contribution in [2.75, 3.05) is 0 Å². The van der Waals surface area contributed by atoms with E-state index < -0.39 is 0 Å². The van der Waals surface area contributed by atoms with Crippen molar-refractivity contribution in [2.45, 2.75) is 44.7 Å². The van der Waals surface area contributed by atoms with Crippen molar-refractivity contribution >= 4 is 22.4 Å². The Balaban J connectivity index is 1.35. The molecule has 4 nitrogen and oxygen atoms in total. The molecule has 2 aromatic heterocycles. The van der Waals surface area contributed by atoms with E-state index in [1.54, 1.807) is 11.3 Å². The monoisotopic (exact) mass is 464 g/mol. The zero-order chi connectivity index (χ0) is 22.7. The first-order chi connectivity index (χ1) is 16.8. The van der Waals surface area contributed by atoms with Gasteiger partial charge in [0.05, 0.1) is 28.5 Å². The van der Waals surface area contributed by atoms with Crippen molar-refractivity contribution in [3.63, 3.8) is 0 Å². The molecule has 5 aromatic rings. The van der Waals surface area contributed by atoms with E-state index in [1.165, 1.54) is 53.7 Å². The van der Waals surface area contributed by atoms with Crippen LogP contribution >= 0.6 is 11.3 Å². The highest BCUT2D eigenvalue weighted by Crippen LogP contribution is 2.27. The third-order valence-electron chi connectivity index (χ3n) is 6.62. The first-order valence-electron chi connectivity index (χ1n) is 12.2. The van der Waals surface area contributed by atoms with Crippen molar-refractivity contribution in [3.05, 3.63) is 95.7 Å². The zero-order valence-electron chi connectivity index (χ0n) is 19.2. The van der Waals surface area contributed by atoms with Crippen molar-refractivity contribution in [3.8, 4) is 21.6 Å². The molecule has 6 rings (SSSR count). The third kappa shape index (κ3) is 4.48. The number of hydrogen-bond acceptors (Lipinski definition) is 3. The highest BCUT2D eigenvalue weighted by Gasteiger charge is 2.14. The predicted molar refractivity (Wildman–Crippen MR) is 141 cm³/mol. The molecule has 170 valence electrons. The average Bonchev–Trinajstić information content (AvgIpc) is 3.49. The minimum absolute atomic E-state index is 0.433. The summed E-state index contributed by atoms with van der Waals surface area (Å²) in [6, 6.07) is 28.1. The van der Waals surface area contributed by atoms with Crippen LogP contribution in [-0.2, 0) is 6.54 Å². The van der Waals surface area contributed by atoms with Gasteiger partial charge in [-0.1, -0.05) is 97.3 Å². The second-order valence-corrected chi connectivity index (χ2v) is 10.1. The Morgan fingerprint density at radius 1 is 0.824 bits per heavy atom. The van der Waals surface area contributed by atoms with Gasteiger partial charge in [-0.3, -0.25) is 4.99 Å². The molecule has 1 aliphatic carbocycles. The van der Waals surface area contributed by atoms with Crippen LogP contribution in [0.3, 0.4) is 0 Å². The lowest BCUT2D eigenvalue weighted by atomic mass is 9.96. The standard InChI is InChI=1S/C29H28N4S/c1-3-9-21(10-4-1)22-15-17-23(18-16-22)27-19-33(29(34-27)30-24-11-5-2-6-12-24)20-28-31-25-13-7-8-14-26(25)32-28/h1,3-4,7-10,13-19,24H,2,5-6,11-12,20H2,(H,31,32). The van der Waals surface area contributed by atoms with Crippen LogP contribution in [0.5, 0.6) is 0 Å². The van der Waals surface area contributed by atoms with E-state index in [0.29, 0.717) is 12.6 Å². The first kappa shape index (κ1) is 21.1. The summed E-state index contributed by atoms with van der Waals surface area (Å²) in [6.45, 7) is 0.693. The van der Waals surface area contributed by atoms with Crippen LogP contribution < -0.4 is 4.80 Å². The number of imidazole rings is 1. The summed E-state index contributed by atoms with van der Waals surface area (Å²) in [4.78, 5) is 15.8. The van der Waals surface area contributed by atoms with Gasteiger partial charge in [-0.25, -0.2) is 4.98 Å². The summed E-state index contributed by atoms with van der Waals surface area (Å²) in [5.74, 6) is 0.968. The summed E-state index contributed by atoms with van der Waals surface area (Å²) in [5.41, 5.74) is 5.80. The number of para-hydroxylation sites is 2. The maximum absolute atomic E-state index is 5.22. The molecule has 0 spiro atoms. The number of fused-ring (bicyclic) bond motifs is 1. The largest absolute Gasteiger partial charge is 0.340 e. The van der Waals surface area contributed by atoms with Crippen LogP contribution in [0.4, 0.5) is 0 Å². The normalized spacial score (nSPS) is 15.2. The van der Waals surface area contributed by atoms with Crippen molar-refractivity contribution in [2.24, 2.45) is 4.99 Å². The van der Waals surface area contributed by atoms with Gasteiger partial charge in [0.1, 0.15) is 5.82 Å². The smallest absolute Gasteiger partial charge is 0.185 e. The molecule has 0 radical (unpaired) electrons. The number of thiazole rings is 1. The molecule has 0 aliphatic heterocycles. The quantitative estimate of drug-likeness (QED) is 0.298. The zero-order valence-corrected chi connectivity index (χ0v) is 20.0. The summed E-state index contributed by atoms with van der Waals surface area (Å²) in [6.07, 6.45) is 8.56. The molecule has 0 amide bonds. The van der Waals surface area contributed by atoms with E-state index in [-0.39, 0.29) is 0 Å². The second-order valence-electron chi connectivity index (χ2n) is 9.07. The molecule has 0 saturated heterocycles. The van der Waals surface area contributed by atoms with Gasteiger partial charge >= 0.3 is 0 Å². The third-order valence-corrected chi connectivity index (χ3v) is 7.71. The number of rotatable bonds is 5. The summed E-state index contributed by atoms with van der Waals surface area (Å²) >= 11 is 1.79. The van der Waals surface area contributed by atoms with E-state index in [2.05, 4.69) is 82.5 Å². The Kier molecular flexibility index (Phi) is 5.86. The lowest BCUT2D eigenvalue weighted by Gasteiger charge is -2.16. The summed E-state index contributed by atoms with van der Waals surface area (Å²) < 4.78 is 2.28. The molecule has 3 aromatic carbocycles.